The van der Waals surface area contributed by atoms with Crippen molar-refractivity contribution in [1.82, 2.24) is 0 Å². The van der Waals surface area contributed by atoms with E-state index in [0.29, 0.717) is 12.0 Å². The van der Waals surface area contributed by atoms with Crippen LogP contribution in [0.3, 0.4) is 0 Å². The molecule has 490 valence electrons. The number of carbonyl (C=O) groups is 1. The fraction of sp³-hybridized carbons (Fsp3) is 0.914. The third kappa shape index (κ3) is 20.4. The highest BCUT2D eigenvalue weighted by molar-refractivity contribution is 5.76. The van der Waals surface area contributed by atoms with Crippen molar-refractivity contribution in [1.29, 1.82) is 0 Å². The SMILES string of the molecule is CCCC(CC)(CC)CC(CC)(CC)CC(CC(CC(CC)(CC)CC)(CC(CC)(CC)CC)CC(CC)(CC)CC)(CC(CC(CC)(CC)CC)(CC(CC)(CC)CC)CC(CC)(CC)CC)CC(C)(CC)C(=O)OCc1ccccc1. The standard InChI is InChI=1S/C81H154O2/c1-26-55-77(46-21,47-22)64-78(48-23,49-24)65-79(57-70(25,27-2)69(82)83-56-68-53-51-50-52-54-68,66-80(58-71(28-3,29-4)30-5,59-72(31-6,32-7)33-8)60-73(34-9,35-10)36-11)67-81(61-74(37-12,38-13)39-14,62-75(40-15,41-16)42-17)63-76(43-18,44-19)45-20/h50-54H,26-49,55-67H2,1-25H3. The summed E-state index contributed by atoms with van der Waals surface area (Å²) in [5, 5.41) is 0. The zero-order valence-corrected chi connectivity index (χ0v) is 61.9. The first-order chi connectivity index (χ1) is 39.2. The molecule has 0 radical (unpaired) electrons. The first-order valence-corrected chi connectivity index (χ1v) is 37.4. The first-order valence-electron chi connectivity index (χ1n) is 37.4. The van der Waals surface area contributed by atoms with Gasteiger partial charge in [0.2, 0.25) is 0 Å². The largest absolute Gasteiger partial charge is 0.460 e. The highest BCUT2D eigenvalue weighted by Crippen LogP contribution is 2.69. The average Bonchev–Trinajstić information content (AvgIpc) is 2.03. The minimum absolute atomic E-state index is 0.0469. The molecule has 0 aliphatic rings. The first kappa shape index (κ1) is 79.7. The van der Waals surface area contributed by atoms with E-state index in [4.69, 9.17) is 4.74 Å². The summed E-state index contributed by atoms with van der Waals surface area (Å²) in [6.45, 7) is 64.4. The lowest BCUT2D eigenvalue weighted by Gasteiger charge is -2.61. The molecule has 0 bridgehead atoms. The molecule has 0 aliphatic carbocycles. The van der Waals surface area contributed by atoms with E-state index in [-0.39, 0.29) is 60.1 Å². The van der Waals surface area contributed by atoms with Crippen molar-refractivity contribution in [3.05, 3.63) is 35.9 Å². The van der Waals surface area contributed by atoms with Gasteiger partial charge in [0, 0.05) is 0 Å². The summed E-state index contributed by atoms with van der Waals surface area (Å²) in [6.07, 6.45) is 44.0. The lowest BCUT2D eigenvalue weighted by Crippen LogP contribution is -2.51. The Hall–Kier alpha value is -1.31. The summed E-state index contributed by atoms with van der Waals surface area (Å²) in [6, 6.07) is 10.6. The molecule has 0 spiro atoms. The topological polar surface area (TPSA) is 26.3 Å². The Kier molecular flexibility index (Phi) is 34.3. The number of ether oxygens (including phenoxy) is 1. The van der Waals surface area contributed by atoms with E-state index in [2.05, 4.69) is 203 Å². The van der Waals surface area contributed by atoms with Gasteiger partial charge in [-0.1, -0.05) is 344 Å². The van der Waals surface area contributed by atoms with Crippen molar-refractivity contribution in [3.63, 3.8) is 0 Å². The number of benzene rings is 1. The Labute approximate surface area is 524 Å². The van der Waals surface area contributed by atoms with Gasteiger partial charge in [0.25, 0.3) is 0 Å². The maximum Gasteiger partial charge on any atom is 0.312 e. The van der Waals surface area contributed by atoms with Crippen molar-refractivity contribution in [2.75, 3.05) is 0 Å². The molecule has 0 N–H and O–H groups in total. The van der Waals surface area contributed by atoms with Gasteiger partial charge in [-0.2, -0.15) is 0 Å². The van der Waals surface area contributed by atoms with E-state index >= 15 is 4.79 Å². The summed E-state index contributed by atoms with van der Waals surface area (Å²) < 4.78 is 6.88. The number of hydrogen-bond donors (Lipinski definition) is 0. The minimum atomic E-state index is -0.673. The summed E-state index contributed by atoms with van der Waals surface area (Å²) >= 11 is 0. The second-order valence-corrected chi connectivity index (χ2v) is 30.9. The molecule has 0 heterocycles. The van der Waals surface area contributed by atoms with E-state index in [1.807, 2.05) is 0 Å². The van der Waals surface area contributed by atoms with Crippen LogP contribution in [0.2, 0.25) is 0 Å². The molecule has 0 amide bonds. The van der Waals surface area contributed by atoms with Crippen LogP contribution in [0.5, 0.6) is 0 Å². The van der Waals surface area contributed by atoms with Crippen LogP contribution in [0.25, 0.3) is 0 Å². The fourth-order valence-electron chi connectivity index (χ4n) is 20.2. The summed E-state index contributed by atoms with van der Waals surface area (Å²) in [5.41, 5.74) is 2.20. The third-order valence-electron chi connectivity index (χ3n) is 28.0. The number of esters is 1. The Morgan fingerprint density at radius 2 is 0.494 bits per heavy atom. The number of hydrogen-bond acceptors (Lipinski definition) is 2. The van der Waals surface area contributed by atoms with Crippen molar-refractivity contribution in [3.8, 4) is 0 Å². The van der Waals surface area contributed by atoms with Crippen molar-refractivity contribution < 1.29 is 9.53 Å². The van der Waals surface area contributed by atoms with Crippen LogP contribution in [0.15, 0.2) is 30.3 Å². The molecule has 0 saturated heterocycles. The van der Waals surface area contributed by atoms with Gasteiger partial charge in [-0.3, -0.25) is 4.79 Å². The van der Waals surface area contributed by atoms with Gasteiger partial charge in [-0.05, 0) is 156 Å². The Balaban J connectivity index is 5.77. The molecule has 0 fully saturated rings. The van der Waals surface area contributed by atoms with Gasteiger partial charge >= 0.3 is 5.97 Å². The molecule has 0 saturated carbocycles. The zero-order chi connectivity index (χ0) is 63.6. The quantitative estimate of drug-likeness (QED) is 0.0608. The monoisotopic (exact) mass is 1160 g/mol. The molecule has 1 aromatic rings. The molecule has 1 unspecified atom stereocenters. The van der Waals surface area contributed by atoms with E-state index < -0.39 is 5.41 Å². The molecule has 83 heavy (non-hydrogen) atoms. The van der Waals surface area contributed by atoms with Crippen LogP contribution < -0.4 is 0 Å². The fourth-order valence-corrected chi connectivity index (χ4v) is 20.2. The highest BCUT2D eigenvalue weighted by Gasteiger charge is 2.59. The summed E-state index contributed by atoms with van der Waals surface area (Å²) in [4.78, 5) is 16.2. The maximum absolute atomic E-state index is 16.2. The third-order valence-corrected chi connectivity index (χ3v) is 28.0. The van der Waals surface area contributed by atoms with Gasteiger partial charge in [0.15, 0.2) is 0 Å². The van der Waals surface area contributed by atoms with Gasteiger partial charge in [-0.25, -0.2) is 0 Å². The van der Waals surface area contributed by atoms with Crippen LogP contribution in [0.4, 0.5) is 0 Å². The Morgan fingerprint density at radius 1 is 0.277 bits per heavy atom. The molecule has 2 heteroatoms. The highest BCUT2D eigenvalue weighted by atomic mass is 16.5. The lowest BCUT2D eigenvalue weighted by molar-refractivity contribution is -0.163. The van der Waals surface area contributed by atoms with Crippen LogP contribution in [0, 0.1) is 65.0 Å². The predicted molar refractivity (Wildman–Crippen MR) is 373 cm³/mol. The molecule has 2 nitrogen and oxygen atoms in total. The van der Waals surface area contributed by atoms with Crippen molar-refractivity contribution in [2.45, 2.75) is 411 Å². The molecule has 0 aliphatic heterocycles. The predicted octanol–water partition coefficient (Wildman–Crippen LogP) is 28.1. The number of rotatable bonds is 50. The van der Waals surface area contributed by atoms with Crippen LogP contribution >= 0.6 is 0 Å². The van der Waals surface area contributed by atoms with Gasteiger partial charge < -0.3 is 4.74 Å². The van der Waals surface area contributed by atoms with Crippen molar-refractivity contribution in [2.24, 2.45) is 65.0 Å². The normalized spacial score (nSPS) is 14.8. The van der Waals surface area contributed by atoms with Crippen LogP contribution in [-0.2, 0) is 16.1 Å². The molecular formula is C81H154O2. The summed E-state index contributed by atoms with van der Waals surface area (Å²) in [5.74, 6) is 0.0469. The Morgan fingerprint density at radius 3 is 0.723 bits per heavy atom. The van der Waals surface area contributed by atoms with Crippen LogP contribution in [0.1, 0.15) is 410 Å². The van der Waals surface area contributed by atoms with Crippen molar-refractivity contribution >= 4 is 5.97 Å². The second-order valence-electron chi connectivity index (χ2n) is 30.9. The zero-order valence-electron chi connectivity index (χ0n) is 61.9. The molecule has 1 rings (SSSR count). The lowest BCUT2D eigenvalue weighted by atomic mass is 9.44. The van der Waals surface area contributed by atoms with Crippen LogP contribution in [-0.4, -0.2) is 5.97 Å². The molecular weight excluding hydrogens is 1000 g/mol. The smallest absolute Gasteiger partial charge is 0.312 e. The van der Waals surface area contributed by atoms with E-state index in [0.717, 1.165) is 18.4 Å². The minimum Gasteiger partial charge on any atom is -0.460 e. The van der Waals surface area contributed by atoms with E-state index in [1.54, 1.807) is 0 Å². The van der Waals surface area contributed by atoms with Gasteiger partial charge in [0.05, 0.1) is 5.41 Å². The van der Waals surface area contributed by atoms with Gasteiger partial charge in [0.1, 0.15) is 6.61 Å². The number of carbonyl (C=O) groups excluding carboxylic acids is 1. The maximum atomic E-state index is 16.2. The molecule has 1 atom stereocenters. The van der Waals surface area contributed by atoms with E-state index in [1.165, 1.54) is 218 Å². The molecule has 0 aromatic heterocycles. The second kappa shape index (κ2) is 35.8. The Bertz CT molecular complexity index is 1600. The van der Waals surface area contributed by atoms with Gasteiger partial charge in [-0.15, -0.1) is 0 Å². The molecule has 1 aromatic carbocycles. The summed E-state index contributed by atoms with van der Waals surface area (Å²) in [7, 11) is 0. The average molecular weight is 1160 g/mol. The van der Waals surface area contributed by atoms with E-state index in [9.17, 15) is 0 Å².